The van der Waals surface area contributed by atoms with Crippen molar-refractivity contribution in [2.45, 2.75) is 19.3 Å². The van der Waals surface area contributed by atoms with Gasteiger partial charge in [-0.05, 0) is 42.2 Å². The van der Waals surface area contributed by atoms with Crippen LogP contribution >= 0.6 is 0 Å². The van der Waals surface area contributed by atoms with Crippen LogP contribution in [0.3, 0.4) is 0 Å². The fourth-order valence-corrected chi connectivity index (χ4v) is 3.50. The first-order valence-electron chi connectivity index (χ1n) is 9.35. The van der Waals surface area contributed by atoms with Crippen molar-refractivity contribution in [2.75, 3.05) is 20.2 Å². The van der Waals surface area contributed by atoms with E-state index in [4.69, 9.17) is 9.26 Å². The Morgan fingerprint density at radius 3 is 2.96 bits per heavy atom. The molecule has 0 saturated carbocycles. The molecule has 4 rings (SSSR count). The molecule has 7 heteroatoms. The molecule has 0 spiro atoms. The number of methoxy groups -OCH3 is 1. The molecule has 1 unspecified atom stereocenters. The standard InChI is InChI=1S/C21H22N4O3/c1-27-18-4-2-3-15(11-18)13-20(26)25-10-7-16(14-25)12-19-23-21(28-24-19)17-5-8-22-9-6-17/h2-6,8-9,11,16H,7,10,12-14H2,1H3. The second-order valence-corrected chi connectivity index (χ2v) is 6.98. The second kappa shape index (κ2) is 8.21. The highest BCUT2D eigenvalue weighted by atomic mass is 16.5. The summed E-state index contributed by atoms with van der Waals surface area (Å²) in [7, 11) is 1.63. The van der Waals surface area contributed by atoms with Gasteiger partial charge in [0.25, 0.3) is 5.89 Å². The van der Waals surface area contributed by atoms with Crippen molar-refractivity contribution in [3.63, 3.8) is 0 Å². The van der Waals surface area contributed by atoms with Crippen molar-refractivity contribution in [3.05, 3.63) is 60.2 Å². The number of rotatable bonds is 6. The van der Waals surface area contributed by atoms with E-state index in [-0.39, 0.29) is 5.91 Å². The summed E-state index contributed by atoms with van der Waals surface area (Å²) in [6.07, 6.45) is 5.43. The molecule has 3 heterocycles. The van der Waals surface area contributed by atoms with Gasteiger partial charge >= 0.3 is 0 Å². The van der Waals surface area contributed by atoms with Crippen molar-refractivity contribution in [1.29, 1.82) is 0 Å². The van der Waals surface area contributed by atoms with E-state index in [1.54, 1.807) is 19.5 Å². The fraction of sp³-hybridized carbons (Fsp3) is 0.333. The molecular formula is C21H22N4O3. The van der Waals surface area contributed by atoms with Gasteiger partial charge in [0.2, 0.25) is 5.91 Å². The van der Waals surface area contributed by atoms with E-state index >= 15 is 0 Å². The van der Waals surface area contributed by atoms with Gasteiger partial charge in [0.05, 0.1) is 13.5 Å². The minimum Gasteiger partial charge on any atom is -0.497 e. The van der Waals surface area contributed by atoms with E-state index < -0.39 is 0 Å². The first-order valence-corrected chi connectivity index (χ1v) is 9.35. The molecular weight excluding hydrogens is 356 g/mol. The Hall–Kier alpha value is -3.22. The molecule has 1 amide bonds. The summed E-state index contributed by atoms with van der Waals surface area (Å²) >= 11 is 0. The molecule has 1 saturated heterocycles. The van der Waals surface area contributed by atoms with Crippen molar-refractivity contribution in [3.8, 4) is 17.2 Å². The molecule has 1 atom stereocenters. The third-order valence-electron chi connectivity index (χ3n) is 4.99. The molecule has 0 N–H and O–H groups in total. The van der Waals surface area contributed by atoms with E-state index in [1.165, 1.54) is 0 Å². The Labute approximate surface area is 163 Å². The van der Waals surface area contributed by atoms with Gasteiger partial charge in [0, 0.05) is 37.5 Å². The highest BCUT2D eigenvalue weighted by Crippen LogP contribution is 2.23. The monoisotopic (exact) mass is 378 g/mol. The van der Waals surface area contributed by atoms with Crippen LogP contribution in [-0.2, 0) is 17.6 Å². The zero-order valence-corrected chi connectivity index (χ0v) is 15.7. The number of carbonyl (C=O) groups excluding carboxylic acids is 1. The Balaban J connectivity index is 1.33. The first kappa shape index (κ1) is 18.2. The normalized spacial score (nSPS) is 16.3. The minimum absolute atomic E-state index is 0.140. The highest BCUT2D eigenvalue weighted by molar-refractivity contribution is 5.79. The maximum atomic E-state index is 12.6. The maximum Gasteiger partial charge on any atom is 0.258 e. The van der Waals surface area contributed by atoms with Gasteiger partial charge in [-0.15, -0.1) is 0 Å². The Morgan fingerprint density at radius 1 is 1.29 bits per heavy atom. The van der Waals surface area contributed by atoms with Crippen LogP contribution in [0.1, 0.15) is 17.8 Å². The third-order valence-corrected chi connectivity index (χ3v) is 4.99. The number of aromatic nitrogens is 3. The molecule has 1 aliphatic heterocycles. The van der Waals surface area contributed by atoms with Crippen molar-refractivity contribution >= 4 is 5.91 Å². The molecule has 0 aliphatic carbocycles. The third kappa shape index (κ3) is 4.19. The van der Waals surface area contributed by atoms with E-state index in [9.17, 15) is 4.79 Å². The average Bonchev–Trinajstić information content (AvgIpc) is 3.39. The number of benzene rings is 1. The maximum absolute atomic E-state index is 12.6. The van der Waals surface area contributed by atoms with Crippen LogP contribution in [0.2, 0.25) is 0 Å². The van der Waals surface area contributed by atoms with Crippen LogP contribution in [0.4, 0.5) is 0 Å². The lowest BCUT2D eigenvalue weighted by Crippen LogP contribution is -2.30. The lowest BCUT2D eigenvalue weighted by Gasteiger charge is -2.16. The predicted molar refractivity (Wildman–Crippen MR) is 103 cm³/mol. The molecule has 2 aromatic heterocycles. The van der Waals surface area contributed by atoms with Gasteiger partial charge in [-0.1, -0.05) is 17.3 Å². The van der Waals surface area contributed by atoms with E-state index in [1.807, 2.05) is 41.3 Å². The molecule has 0 bridgehead atoms. The number of hydrogen-bond donors (Lipinski definition) is 0. The molecule has 144 valence electrons. The van der Waals surface area contributed by atoms with Gasteiger partial charge in [0.1, 0.15) is 5.75 Å². The number of pyridine rings is 1. The van der Waals surface area contributed by atoms with Gasteiger partial charge < -0.3 is 14.2 Å². The first-order chi connectivity index (χ1) is 13.7. The molecule has 1 aliphatic rings. The van der Waals surface area contributed by atoms with Crippen molar-refractivity contribution in [1.82, 2.24) is 20.0 Å². The van der Waals surface area contributed by atoms with Crippen LogP contribution < -0.4 is 4.74 Å². The number of nitrogens with zero attached hydrogens (tertiary/aromatic N) is 4. The molecule has 1 fully saturated rings. The second-order valence-electron chi connectivity index (χ2n) is 6.98. The van der Waals surface area contributed by atoms with Gasteiger partial charge in [-0.2, -0.15) is 4.98 Å². The predicted octanol–water partition coefficient (Wildman–Crippen LogP) is 2.77. The zero-order chi connectivity index (χ0) is 19.3. The summed E-state index contributed by atoms with van der Waals surface area (Å²) in [5, 5.41) is 4.09. The van der Waals surface area contributed by atoms with E-state index in [0.29, 0.717) is 30.5 Å². The smallest absolute Gasteiger partial charge is 0.258 e. The number of carbonyl (C=O) groups is 1. The van der Waals surface area contributed by atoms with Crippen molar-refractivity contribution in [2.24, 2.45) is 5.92 Å². The summed E-state index contributed by atoms with van der Waals surface area (Å²) in [6, 6.07) is 11.3. The SMILES string of the molecule is COc1cccc(CC(=O)N2CCC(Cc3noc(-c4ccncc4)n3)C2)c1. The molecule has 1 aromatic carbocycles. The van der Waals surface area contributed by atoms with E-state index in [2.05, 4.69) is 15.1 Å². The van der Waals surface area contributed by atoms with Crippen molar-refractivity contribution < 1.29 is 14.1 Å². The Kier molecular flexibility index (Phi) is 5.32. The largest absolute Gasteiger partial charge is 0.497 e. The molecule has 3 aromatic rings. The number of likely N-dealkylation sites (tertiary alicyclic amines) is 1. The van der Waals surface area contributed by atoms with Crippen LogP contribution in [0.15, 0.2) is 53.3 Å². The lowest BCUT2D eigenvalue weighted by atomic mass is 10.0. The minimum atomic E-state index is 0.140. The van der Waals surface area contributed by atoms with Crippen LogP contribution in [0.5, 0.6) is 5.75 Å². The average molecular weight is 378 g/mol. The van der Waals surface area contributed by atoms with Crippen LogP contribution in [-0.4, -0.2) is 46.1 Å². The fourth-order valence-electron chi connectivity index (χ4n) is 3.50. The van der Waals surface area contributed by atoms with Gasteiger partial charge in [0.15, 0.2) is 5.82 Å². The Morgan fingerprint density at radius 2 is 2.14 bits per heavy atom. The number of ether oxygens (including phenoxy) is 1. The quantitative estimate of drug-likeness (QED) is 0.656. The Bertz CT molecular complexity index is 942. The van der Waals surface area contributed by atoms with Gasteiger partial charge in [-0.25, -0.2) is 0 Å². The van der Waals surface area contributed by atoms with E-state index in [0.717, 1.165) is 36.4 Å². The number of amides is 1. The molecule has 7 nitrogen and oxygen atoms in total. The summed E-state index contributed by atoms with van der Waals surface area (Å²) in [6.45, 7) is 1.49. The summed E-state index contributed by atoms with van der Waals surface area (Å²) in [5.74, 6) is 2.44. The van der Waals surface area contributed by atoms with Crippen LogP contribution in [0, 0.1) is 5.92 Å². The lowest BCUT2D eigenvalue weighted by molar-refractivity contribution is -0.129. The molecule has 0 radical (unpaired) electrons. The summed E-state index contributed by atoms with van der Waals surface area (Å²) < 4.78 is 10.6. The summed E-state index contributed by atoms with van der Waals surface area (Å²) in [4.78, 5) is 23.0. The van der Waals surface area contributed by atoms with Gasteiger partial charge in [-0.3, -0.25) is 9.78 Å². The number of hydrogen-bond acceptors (Lipinski definition) is 6. The highest BCUT2D eigenvalue weighted by Gasteiger charge is 2.27. The summed E-state index contributed by atoms with van der Waals surface area (Å²) in [5.41, 5.74) is 1.82. The topological polar surface area (TPSA) is 81.4 Å². The van der Waals surface area contributed by atoms with Crippen LogP contribution in [0.25, 0.3) is 11.5 Å². The zero-order valence-electron chi connectivity index (χ0n) is 15.7. The molecule has 28 heavy (non-hydrogen) atoms.